The third-order valence-corrected chi connectivity index (χ3v) is 3.77. The third-order valence-electron chi connectivity index (χ3n) is 3.77. The van der Waals surface area contributed by atoms with Crippen LogP contribution >= 0.6 is 0 Å². The molecule has 3 nitrogen and oxygen atoms in total. The van der Waals surface area contributed by atoms with Gasteiger partial charge in [-0.1, -0.05) is 46.5 Å². The van der Waals surface area contributed by atoms with Gasteiger partial charge in [-0.2, -0.15) is 5.53 Å². The van der Waals surface area contributed by atoms with E-state index in [0.717, 1.165) is 5.92 Å². The zero-order valence-electron chi connectivity index (χ0n) is 12.7. The van der Waals surface area contributed by atoms with Gasteiger partial charge in [0.15, 0.2) is 0 Å². The van der Waals surface area contributed by atoms with E-state index in [4.69, 9.17) is 0 Å². The van der Waals surface area contributed by atoms with Gasteiger partial charge < -0.3 is 0 Å². The minimum Gasteiger partial charge on any atom is -0.230 e. The standard InChI is InChI=1S/C15H33N3/c1-4-7-10-15-13-17(11-8-5-2)16-18(14-15)12-9-6-3/h15-16H,4-14H2,1-3H3. The summed E-state index contributed by atoms with van der Waals surface area (Å²) in [4.78, 5) is 0. The molecule has 0 saturated carbocycles. The number of hydrogen-bond donors (Lipinski definition) is 1. The molecule has 0 atom stereocenters. The van der Waals surface area contributed by atoms with Crippen LogP contribution in [0.25, 0.3) is 0 Å². The molecule has 108 valence electrons. The van der Waals surface area contributed by atoms with E-state index in [2.05, 4.69) is 36.3 Å². The molecule has 18 heavy (non-hydrogen) atoms. The second-order valence-electron chi connectivity index (χ2n) is 5.71. The SMILES string of the molecule is CCCCC1CN(CCCC)NN(CCCC)C1. The van der Waals surface area contributed by atoms with Crippen LogP contribution in [0.15, 0.2) is 0 Å². The normalized spacial score (nSPS) is 19.5. The molecule has 0 aromatic carbocycles. The lowest BCUT2D eigenvalue weighted by atomic mass is 10.0. The maximum Gasteiger partial charge on any atom is 0.0185 e. The average Bonchev–Trinajstić information content (AvgIpc) is 2.40. The van der Waals surface area contributed by atoms with Crippen molar-refractivity contribution < 1.29 is 0 Å². The average molecular weight is 255 g/mol. The van der Waals surface area contributed by atoms with Gasteiger partial charge in [0.25, 0.3) is 0 Å². The van der Waals surface area contributed by atoms with Crippen LogP contribution < -0.4 is 5.53 Å². The van der Waals surface area contributed by atoms with Crippen LogP contribution in [-0.2, 0) is 0 Å². The maximum atomic E-state index is 3.60. The number of nitrogens with zero attached hydrogens (tertiary/aromatic N) is 2. The smallest absolute Gasteiger partial charge is 0.0185 e. The molecule has 0 spiro atoms. The Morgan fingerprint density at radius 2 is 1.33 bits per heavy atom. The zero-order chi connectivity index (χ0) is 13.2. The quantitative estimate of drug-likeness (QED) is 0.681. The van der Waals surface area contributed by atoms with Gasteiger partial charge in [-0.3, -0.25) is 0 Å². The highest BCUT2D eigenvalue weighted by atomic mass is 15.8. The monoisotopic (exact) mass is 255 g/mol. The molecule has 1 saturated heterocycles. The summed E-state index contributed by atoms with van der Waals surface area (Å²) < 4.78 is 0. The summed E-state index contributed by atoms with van der Waals surface area (Å²) in [5, 5.41) is 4.89. The van der Waals surface area contributed by atoms with Gasteiger partial charge in [-0.05, 0) is 25.2 Å². The number of nitrogens with one attached hydrogen (secondary N) is 1. The summed E-state index contributed by atoms with van der Waals surface area (Å²) in [5.41, 5.74) is 3.60. The van der Waals surface area contributed by atoms with E-state index in [1.54, 1.807) is 0 Å². The second-order valence-corrected chi connectivity index (χ2v) is 5.71. The van der Waals surface area contributed by atoms with E-state index >= 15 is 0 Å². The first kappa shape index (κ1) is 15.9. The molecule has 1 fully saturated rings. The van der Waals surface area contributed by atoms with Crippen molar-refractivity contribution in [3.8, 4) is 0 Å². The van der Waals surface area contributed by atoms with E-state index in [1.807, 2.05) is 0 Å². The van der Waals surface area contributed by atoms with Crippen molar-refractivity contribution in [2.24, 2.45) is 5.92 Å². The summed E-state index contributed by atoms with van der Waals surface area (Å²) in [5.74, 6) is 0.861. The van der Waals surface area contributed by atoms with Gasteiger partial charge in [0.1, 0.15) is 0 Å². The van der Waals surface area contributed by atoms with Crippen LogP contribution in [-0.4, -0.2) is 36.2 Å². The molecule has 0 aromatic rings. The highest BCUT2D eigenvalue weighted by Gasteiger charge is 2.23. The third kappa shape index (κ3) is 6.17. The van der Waals surface area contributed by atoms with Gasteiger partial charge in [0.2, 0.25) is 0 Å². The van der Waals surface area contributed by atoms with Crippen molar-refractivity contribution >= 4 is 0 Å². The number of hydrazine groups is 2. The lowest BCUT2D eigenvalue weighted by molar-refractivity contribution is -0.0466. The van der Waals surface area contributed by atoms with E-state index in [0.29, 0.717) is 0 Å². The Labute approximate surface area is 114 Å². The van der Waals surface area contributed by atoms with Gasteiger partial charge in [0.05, 0.1) is 0 Å². The molecule has 1 aliphatic heterocycles. The fourth-order valence-corrected chi connectivity index (χ4v) is 2.62. The first-order valence-electron chi connectivity index (χ1n) is 8.06. The zero-order valence-corrected chi connectivity index (χ0v) is 12.7. The summed E-state index contributed by atoms with van der Waals surface area (Å²) in [6.07, 6.45) is 9.27. The molecule has 1 aliphatic rings. The fraction of sp³-hybridized carbons (Fsp3) is 1.00. The van der Waals surface area contributed by atoms with Crippen LogP contribution in [0.5, 0.6) is 0 Å². The van der Waals surface area contributed by atoms with Crippen LogP contribution in [0.2, 0.25) is 0 Å². The molecule has 0 radical (unpaired) electrons. The highest BCUT2D eigenvalue weighted by Crippen LogP contribution is 2.16. The summed E-state index contributed by atoms with van der Waals surface area (Å²) >= 11 is 0. The fourth-order valence-electron chi connectivity index (χ4n) is 2.62. The van der Waals surface area contributed by atoms with Crippen LogP contribution in [0, 0.1) is 5.92 Å². The van der Waals surface area contributed by atoms with Crippen LogP contribution in [0.3, 0.4) is 0 Å². The van der Waals surface area contributed by atoms with Crippen LogP contribution in [0.4, 0.5) is 0 Å². The molecule has 0 amide bonds. The summed E-state index contributed by atoms with van der Waals surface area (Å²) in [7, 11) is 0. The van der Waals surface area contributed by atoms with Crippen molar-refractivity contribution in [1.82, 2.24) is 15.6 Å². The number of hydrogen-bond acceptors (Lipinski definition) is 3. The van der Waals surface area contributed by atoms with E-state index in [9.17, 15) is 0 Å². The number of unbranched alkanes of at least 4 members (excludes halogenated alkanes) is 3. The highest BCUT2D eigenvalue weighted by molar-refractivity contribution is 4.72. The maximum absolute atomic E-state index is 3.60. The Kier molecular flexibility index (Phi) is 8.64. The van der Waals surface area contributed by atoms with Gasteiger partial charge in [-0.25, -0.2) is 10.0 Å². The first-order chi connectivity index (χ1) is 8.80. The van der Waals surface area contributed by atoms with Crippen molar-refractivity contribution in [2.45, 2.75) is 65.7 Å². The van der Waals surface area contributed by atoms with Crippen molar-refractivity contribution in [1.29, 1.82) is 0 Å². The lowest BCUT2D eigenvalue weighted by Gasteiger charge is -2.41. The molecule has 1 N–H and O–H groups in total. The molecule has 0 aliphatic carbocycles. The summed E-state index contributed by atoms with van der Waals surface area (Å²) in [6.45, 7) is 11.7. The Bertz CT molecular complexity index is 157. The molecule has 1 heterocycles. The van der Waals surface area contributed by atoms with E-state index < -0.39 is 0 Å². The molecule has 0 bridgehead atoms. The Balaban J connectivity index is 2.38. The predicted octanol–water partition coefficient (Wildman–Crippen LogP) is 3.43. The largest absolute Gasteiger partial charge is 0.230 e. The minimum absolute atomic E-state index is 0.861. The molecule has 3 heteroatoms. The first-order valence-corrected chi connectivity index (χ1v) is 8.06. The van der Waals surface area contributed by atoms with E-state index in [-0.39, 0.29) is 0 Å². The molecule has 1 rings (SSSR count). The van der Waals surface area contributed by atoms with Crippen molar-refractivity contribution in [3.63, 3.8) is 0 Å². The molecule has 0 aromatic heterocycles. The van der Waals surface area contributed by atoms with Gasteiger partial charge in [-0.15, -0.1) is 0 Å². The molecule has 0 unspecified atom stereocenters. The van der Waals surface area contributed by atoms with Gasteiger partial charge >= 0.3 is 0 Å². The van der Waals surface area contributed by atoms with Gasteiger partial charge in [0, 0.05) is 26.2 Å². The summed E-state index contributed by atoms with van der Waals surface area (Å²) in [6, 6.07) is 0. The second kappa shape index (κ2) is 9.76. The Morgan fingerprint density at radius 1 is 0.833 bits per heavy atom. The number of rotatable bonds is 9. The lowest BCUT2D eigenvalue weighted by Crippen LogP contribution is -2.58. The topological polar surface area (TPSA) is 18.5 Å². The van der Waals surface area contributed by atoms with E-state index in [1.165, 1.54) is 71.1 Å². The van der Waals surface area contributed by atoms with Crippen molar-refractivity contribution in [3.05, 3.63) is 0 Å². The molecular formula is C15H33N3. The predicted molar refractivity (Wildman–Crippen MR) is 79.1 cm³/mol. The molecular weight excluding hydrogens is 222 g/mol. The minimum atomic E-state index is 0.861. The van der Waals surface area contributed by atoms with Crippen molar-refractivity contribution in [2.75, 3.05) is 26.2 Å². The Hall–Kier alpha value is -0.120. The van der Waals surface area contributed by atoms with Crippen LogP contribution in [0.1, 0.15) is 65.7 Å². The Morgan fingerprint density at radius 3 is 1.78 bits per heavy atom.